The van der Waals surface area contributed by atoms with Crippen molar-refractivity contribution in [3.8, 4) is 5.75 Å². The summed E-state index contributed by atoms with van der Waals surface area (Å²) >= 11 is 0. The number of hydrogen-bond donors (Lipinski definition) is 0. The molecule has 3 aliphatic rings. The summed E-state index contributed by atoms with van der Waals surface area (Å²) in [6.07, 6.45) is 0.785. The van der Waals surface area contributed by atoms with E-state index in [1.807, 2.05) is 30.3 Å². The molecule has 3 aliphatic carbocycles. The standard InChI is InChI=1S/C31H22O2/c32-31(33-23-12-2-1-3-13-23)29-18-26-24-14-19-8-4-6-10-21(19)16-27(24)30(29)28-17-22-11-7-5-9-20(22)15-25(26)28/h1-17,26,29-30H,18H2. The lowest BCUT2D eigenvalue weighted by molar-refractivity contribution is -0.140. The van der Waals surface area contributed by atoms with Crippen LogP contribution in [0.5, 0.6) is 5.75 Å². The van der Waals surface area contributed by atoms with Crippen LogP contribution in [0.3, 0.4) is 0 Å². The molecule has 0 fully saturated rings. The molecule has 1 unspecified atom stereocenters. The fourth-order valence-corrected chi connectivity index (χ4v) is 6.02. The average molecular weight is 427 g/mol. The number of carbonyl (C=O) groups is 1. The van der Waals surface area contributed by atoms with Crippen molar-refractivity contribution in [2.24, 2.45) is 5.92 Å². The van der Waals surface area contributed by atoms with Crippen LogP contribution in [0.15, 0.2) is 103 Å². The van der Waals surface area contributed by atoms with Gasteiger partial charge in [-0.1, -0.05) is 91.0 Å². The van der Waals surface area contributed by atoms with Gasteiger partial charge in [-0.15, -0.1) is 0 Å². The molecule has 158 valence electrons. The lowest BCUT2D eigenvalue weighted by Crippen LogP contribution is -2.38. The van der Waals surface area contributed by atoms with E-state index in [1.54, 1.807) is 0 Å². The van der Waals surface area contributed by atoms with Gasteiger partial charge in [-0.05, 0) is 62.4 Å². The first-order chi connectivity index (χ1) is 16.3. The number of fused-ring (bicyclic) bond motifs is 3. The lowest BCUT2D eigenvalue weighted by Gasteiger charge is -2.44. The molecule has 33 heavy (non-hydrogen) atoms. The molecule has 5 aromatic rings. The minimum atomic E-state index is -0.197. The Morgan fingerprint density at radius 3 is 1.58 bits per heavy atom. The molecule has 8 rings (SSSR count). The van der Waals surface area contributed by atoms with Crippen LogP contribution >= 0.6 is 0 Å². The zero-order valence-corrected chi connectivity index (χ0v) is 18.1. The van der Waals surface area contributed by atoms with Crippen LogP contribution in [-0.4, -0.2) is 5.97 Å². The maximum absolute atomic E-state index is 13.5. The molecule has 0 aromatic heterocycles. The van der Waals surface area contributed by atoms with Gasteiger partial charge in [-0.3, -0.25) is 4.79 Å². The Kier molecular flexibility index (Phi) is 3.98. The first-order valence-electron chi connectivity index (χ1n) is 11.6. The second-order valence-electron chi connectivity index (χ2n) is 9.26. The van der Waals surface area contributed by atoms with E-state index in [-0.39, 0.29) is 23.7 Å². The highest BCUT2D eigenvalue weighted by molar-refractivity contribution is 5.90. The predicted molar refractivity (Wildman–Crippen MR) is 132 cm³/mol. The summed E-state index contributed by atoms with van der Waals surface area (Å²) in [4.78, 5) is 13.5. The van der Waals surface area contributed by atoms with Gasteiger partial charge in [0, 0.05) is 11.8 Å². The summed E-state index contributed by atoms with van der Waals surface area (Å²) in [6.45, 7) is 0. The largest absolute Gasteiger partial charge is 0.426 e. The minimum absolute atomic E-state index is 0.00502. The number of ether oxygens (including phenoxy) is 1. The number of hydrogen-bond acceptors (Lipinski definition) is 2. The van der Waals surface area contributed by atoms with Crippen molar-refractivity contribution in [2.75, 3.05) is 0 Å². The van der Waals surface area contributed by atoms with Crippen molar-refractivity contribution < 1.29 is 9.53 Å². The Labute approximate surface area is 192 Å². The van der Waals surface area contributed by atoms with Gasteiger partial charge in [0.1, 0.15) is 5.75 Å². The van der Waals surface area contributed by atoms with Crippen LogP contribution in [0.1, 0.15) is 40.5 Å². The van der Waals surface area contributed by atoms with Crippen molar-refractivity contribution in [2.45, 2.75) is 18.3 Å². The van der Waals surface area contributed by atoms with Gasteiger partial charge in [-0.2, -0.15) is 0 Å². The van der Waals surface area contributed by atoms with Crippen LogP contribution in [0.2, 0.25) is 0 Å². The van der Waals surface area contributed by atoms with E-state index in [4.69, 9.17) is 4.74 Å². The molecule has 0 radical (unpaired) electrons. The van der Waals surface area contributed by atoms with E-state index in [9.17, 15) is 4.79 Å². The molecule has 5 aromatic carbocycles. The Balaban J connectivity index is 1.42. The molecular formula is C31H22O2. The number of para-hydroxylation sites is 1. The van der Waals surface area contributed by atoms with E-state index >= 15 is 0 Å². The van der Waals surface area contributed by atoms with Crippen molar-refractivity contribution >= 4 is 27.5 Å². The third kappa shape index (κ3) is 2.84. The molecule has 0 saturated heterocycles. The summed E-state index contributed by atoms with van der Waals surface area (Å²) in [5.74, 6) is 0.487. The zero-order valence-electron chi connectivity index (χ0n) is 18.1. The SMILES string of the molecule is O=C(Oc1ccccc1)C1CC2c3cc4ccccc4cc3C1c1cc3ccccc3cc12. The van der Waals surface area contributed by atoms with Gasteiger partial charge >= 0.3 is 5.97 Å². The van der Waals surface area contributed by atoms with Crippen molar-refractivity contribution in [1.82, 2.24) is 0 Å². The van der Waals surface area contributed by atoms with E-state index < -0.39 is 0 Å². The highest BCUT2D eigenvalue weighted by atomic mass is 16.5. The molecule has 0 aliphatic heterocycles. The van der Waals surface area contributed by atoms with Gasteiger partial charge in [0.25, 0.3) is 0 Å². The molecule has 1 atom stereocenters. The average Bonchev–Trinajstić information content (AvgIpc) is 2.87. The Morgan fingerprint density at radius 1 is 0.606 bits per heavy atom. The first-order valence-corrected chi connectivity index (χ1v) is 11.6. The maximum atomic E-state index is 13.5. The molecule has 0 saturated carbocycles. The normalized spacial score (nSPS) is 20.4. The molecular weight excluding hydrogens is 404 g/mol. The van der Waals surface area contributed by atoms with Crippen LogP contribution in [0, 0.1) is 5.92 Å². The number of esters is 1. The summed E-state index contributed by atoms with van der Waals surface area (Å²) in [6, 6.07) is 35.8. The van der Waals surface area contributed by atoms with Crippen molar-refractivity contribution in [3.05, 3.63) is 125 Å². The molecule has 2 bridgehead atoms. The van der Waals surface area contributed by atoms with Gasteiger partial charge in [0.05, 0.1) is 5.92 Å². The van der Waals surface area contributed by atoms with E-state index in [2.05, 4.69) is 72.8 Å². The molecule has 0 heterocycles. The first kappa shape index (κ1) is 18.6. The van der Waals surface area contributed by atoms with Gasteiger partial charge in [0.2, 0.25) is 0 Å². The molecule has 2 nitrogen and oxygen atoms in total. The van der Waals surface area contributed by atoms with Crippen molar-refractivity contribution in [1.29, 1.82) is 0 Å². The van der Waals surface area contributed by atoms with Crippen LogP contribution < -0.4 is 4.74 Å². The second kappa shape index (κ2) is 7.05. The van der Waals surface area contributed by atoms with E-state index in [1.165, 1.54) is 43.8 Å². The number of carbonyl (C=O) groups excluding carboxylic acids is 1. The Hall–Kier alpha value is -3.91. The van der Waals surface area contributed by atoms with Crippen LogP contribution in [0.4, 0.5) is 0 Å². The predicted octanol–water partition coefficient (Wildman–Crippen LogP) is 7.20. The third-order valence-corrected chi connectivity index (χ3v) is 7.48. The fourth-order valence-electron chi connectivity index (χ4n) is 6.02. The number of benzene rings is 5. The second-order valence-corrected chi connectivity index (χ2v) is 9.26. The monoisotopic (exact) mass is 426 g/mol. The quantitative estimate of drug-likeness (QED) is 0.220. The summed E-state index contributed by atoms with van der Waals surface area (Å²) in [7, 11) is 0. The van der Waals surface area contributed by atoms with Crippen molar-refractivity contribution in [3.63, 3.8) is 0 Å². The lowest BCUT2D eigenvalue weighted by atomic mass is 9.58. The minimum Gasteiger partial charge on any atom is -0.426 e. The van der Waals surface area contributed by atoms with E-state index in [0.717, 1.165) is 6.42 Å². The molecule has 0 spiro atoms. The summed E-state index contributed by atoms with van der Waals surface area (Å²) in [5.41, 5.74) is 5.29. The summed E-state index contributed by atoms with van der Waals surface area (Å²) < 4.78 is 5.87. The molecule has 2 heteroatoms. The highest BCUT2D eigenvalue weighted by Gasteiger charge is 2.47. The zero-order chi connectivity index (χ0) is 21.9. The van der Waals surface area contributed by atoms with E-state index in [0.29, 0.717) is 5.75 Å². The molecule has 0 amide bonds. The number of rotatable bonds is 2. The Bertz CT molecular complexity index is 1460. The maximum Gasteiger partial charge on any atom is 0.315 e. The van der Waals surface area contributed by atoms with Gasteiger partial charge < -0.3 is 4.74 Å². The van der Waals surface area contributed by atoms with Crippen LogP contribution in [0.25, 0.3) is 21.5 Å². The topological polar surface area (TPSA) is 26.3 Å². The summed E-state index contributed by atoms with van der Waals surface area (Å²) in [5, 5.41) is 4.96. The third-order valence-electron chi connectivity index (χ3n) is 7.48. The fraction of sp³-hybridized carbons (Fsp3) is 0.129. The van der Waals surface area contributed by atoms with Crippen LogP contribution in [-0.2, 0) is 4.79 Å². The van der Waals surface area contributed by atoms with Gasteiger partial charge in [0.15, 0.2) is 0 Å². The smallest absolute Gasteiger partial charge is 0.315 e. The Morgan fingerprint density at radius 2 is 1.06 bits per heavy atom. The van der Waals surface area contributed by atoms with Gasteiger partial charge in [-0.25, -0.2) is 0 Å². The molecule has 0 N–H and O–H groups in total. The highest BCUT2D eigenvalue weighted by Crippen LogP contribution is 2.57.